The lowest BCUT2D eigenvalue weighted by atomic mass is 10.0. The largest absolute Gasteiger partial charge is 0.305 e. The third kappa shape index (κ3) is 4.00. The summed E-state index contributed by atoms with van der Waals surface area (Å²) in [7, 11) is 4.05. The molecule has 3 aromatic heterocycles. The molecule has 7 nitrogen and oxygen atoms in total. The minimum Gasteiger partial charge on any atom is -0.305 e. The van der Waals surface area contributed by atoms with Crippen LogP contribution in [-0.4, -0.2) is 45.1 Å². The first-order chi connectivity index (χ1) is 14.0. The number of anilines is 1. The van der Waals surface area contributed by atoms with Crippen molar-refractivity contribution in [2.75, 3.05) is 19.4 Å². The molecule has 0 radical (unpaired) electrons. The van der Waals surface area contributed by atoms with Gasteiger partial charge in [0.1, 0.15) is 5.82 Å². The van der Waals surface area contributed by atoms with Crippen molar-refractivity contribution >= 4 is 22.6 Å². The van der Waals surface area contributed by atoms with Crippen LogP contribution in [0.2, 0.25) is 0 Å². The quantitative estimate of drug-likeness (QED) is 0.547. The van der Waals surface area contributed by atoms with Gasteiger partial charge < -0.3 is 10.2 Å². The second kappa shape index (κ2) is 7.81. The van der Waals surface area contributed by atoms with E-state index >= 15 is 0 Å². The summed E-state index contributed by atoms with van der Waals surface area (Å²) in [6, 6.07) is 11.7. The van der Waals surface area contributed by atoms with Crippen LogP contribution in [0.15, 0.2) is 55.0 Å². The van der Waals surface area contributed by atoms with E-state index in [1.54, 1.807) is 6.20 Å². The normalized spacial score (nSPS) is 11.2. The molecule has 1 amide bonds. The summed E-state index contributed by atoms with van der Waals surface area (Å²) in [6.07, 6.45) is 5.35. The topological polar surface area (TPSA) is 86.8 Å². The molecule has 0 aliphatic rings. The smallest absolute Gasteiger partial charge is 0.277 e. The number of carbonyl (C=O) groups excluding carboxylic acids is 1. The molecule has 0 saturated carbocycles. The molecule has 7 heteroatoms. The van der Waals surface area contributed by atoms with Crippen molar-refractivity contribution < 1.29 is 4.79 Å². The molecular formula is C22H22N6O. The van der Waals surface area contributed by atoms with Gasteiger partial charge in [0.25, 0.3) is 5.91 Å². The SMILES string of the molecule is Cc1cccnc1NC(=O)c1n[nH]c2ccc(-c3cncc(CN(C)C)c3)cc12. The van der Waals surface area contributed by atoms with Crippen molar-refractivity contribution in [3.05, 3.63) is 71.8 Å². The summed E-state index contributed by atoms with van der Waals surface area (Å²) in [4.78, 5) is 23.5. The minimum atomic E-state index is -0.297. The number of hydrogen-bond donors (Lipinski definition) is 2. The summed E-state index contributed by atoms with van der Waals surface area (Å²) >= 11 is 0. The molecule has 0 atom stereocenters. The van der Waals surface area contributed by atoms with Crippen molar-refractivity contribution in [2.45, 2.75) is 13.5 Å². The van der Waals surface area contributed by atoms with Gasteiger partial charge in [-0.15, -0.1) is 0 Å². The zero-order chi connectivity index (χ0) is 20.4. The zero-order valence-corrected chi connectivity index (χ0v) is 16.6. The second-order valence-electron chi connectivity index (χ2n) is 7.28. The predicted octanol–water partition coefficient (Wildman–Crippen LogP) is 3.64. The Morgan fingerprint density at radius 2 is 2.00 bits per heavy atom. The number of hydrogen-bond acceptors (Lipinski definition) is 5. The summed E-state index contributed by atoms with van der Waals surface area (Å²) in [5, 5.41) is 10.8. The summed E-state index contributed by atoms with van der Waals surface area (Å²) in [6.45, 7) is 2.71. The number of benzene rings is 1. The van der Waals surface area contributed by atoms with Crippen LogP contribution in [0, 0.1) is 6.92 Å². The maximum absolute atomic E-state index is 12.8. The Morgan fingerprint density at radius 1 is 1.14 bits per heavy atom. The Labute approximate surface area is 168 Å². The monoisotopic (exact) mass is 386 g/mol. The molecule has 2 N–H and O–H groups in total. The summed E-state index contributed by atoms with van der Waals surface area (Å²) in [5.41, 5.74) is 5.14. The molecule has 0 aliphatic heterocycles. The molecule has 1 aromatic carbocycles. The predicted molar refractivity (Wildman–Crippen MR) is 114 cm³/mol. The Bertz CT molecular complexity index is 1180. The molecule has 0 bridgehead atoms. The molecule has 146 valence electrons. The highest BCUT2D eigenvalue weighted by atomic mass is 16.2. The highest BCUT2D eigenvalue weighted by molar-refractivity contribution is 6.11. The molecule has 0 unspecified atom stereocenters. The second-order valence-corrected chi connectivity index (χ2v) is 7.28. The van der Waals surface area contributed by atoms with Crippen molar-refractivity contribution in [1.29, 1.82) is 0 Å². The van der Waals surface area contributed by atoms with Crippen LogP contribution >= 0.6 is 0 Å². The van der Waals surface area contributed by atoms with Crippen LogP contribution in [-0.2, 0) is 6.54 Å². The van der Waals surface area contributed by atoms with E-state index in [-0.39, 0.29) is 5.91 Å². The molecule has 3 heterocycles. The van der Waals surface area contributed by atoms with E-state index in [1.165, 1.54) is 0 Å². The molecule has 4 aromatic rings. The van der Waals surface area contributed by atoms with Gasteiger partial charge in [0.2, 0.25) is 0 Å². The number of H-pyrrole nitrogens is 1. The first-order valence-corrected chi connectivity index (χ1v) is 9.31. The Morgan fingerprint density at radius 3 is 2.79 bits per heavy atom. The Kier molecular flexibility index (Phi) is 5.05. The number of aryl methyl sites for hydroxylation is 1. The number of aromatic nitrogens is 4. The van der Waals surface area contributed by atoms with E-state index < -0.39 is 0 Å². The highest BCUT2D eigenvalue weighted by Crippen LogP contribution is 2.26. The van der Waals surface area contributed by atoms with Crippen molar-refractivity contribution in [2.24, 2.45) is 0 Å². The van der Waals surface area contributed by atoms with Gasteiger partial charge >= 0.3 is 0 Å². The number of aromatic amines is 1. The molecule has 0 saturated heterocycles. The van der Waals surface area contributed by atoms with Gasteiger partial charge in [0.15, 0.2) is 5.69 Å². The Hall–Kier alpha value is -3.58. The Balaban J connectivity index is 1.68. The van der Waals surface area contributed by atoms with Gasteiger partial charge in [-0.3, -0.25) is 14.9 Å². The summed E-state index contributed by atoms with van der Waals surface area (Å²) < 4.78 is 0. The number of nitrogens with zero attached hydrogens (tertiary/aromatic N) is 4. The number of carbonyl (C=O) groups is 1. The maximum Gasteiger partial charge on any atom is 0.277 e. The number of fused-ring (bicyclic) bond motifs is 1. The number of pyridine rings is 2. The van der Waals surface area contributed by atoms with Crippen LogP contribution in [0.5, 0.6) is 0 Å². The third-order valence-electron chi connectivity index (χ3n) is 4.65. The van der Waals surface area contributed by atoms with Crippen LogP contribution in [0.1, 0.15) is 21.6 Å². The first-order valence-electron chi connectivity index (χ1n) is 9.31. The van der Waals surface area contributed by atoms with Crippen LogP contribution in [0.4, 0.5) is 5.82 Å². The maximum atomic E-state index is 12.8. The standard InChI is InChI=1S/C22H22N6O/c1-14-5-4-8-24-21(14)25-22(29)20-18-10-16(6-7-19(18)26-27-20)17-9-15(11-23-12-17)13-28(2)3/h4-12H,13H2,1-3H3,(H,26,27)(H,24,25,29). The average Bonchev–Trinajstić information content (AvgIpc) is 3.13. The number of nitrogens with one attached hydrogen (secondary N) is 2. The fraction of sp³-hybridized carbons (Fsp3) is 0.182. The van der Waals surface area contributed by atoms with Crippen LogP contribution < -0.4 is 5.32 Å². The van der Waals surface area contributed by atoms with Gasteiger partial charge in [-0.05, 0) is 62.0 Å². The van der Waals surface area contributed by atoms with Gasteiger partial charge in [0, 0.05) is 36.1 Å². The molecular weight excluding hydrogens is 364 g/mol. The van der Waals surface area contributed by atoms with Crippen molar-refractivity contribution in [3.8, 4) is 11.1 Å². The van der Waals surface area contributed by atoms with E-state index in [4.69, 9.17) is 0 Å². The fourth-order valence-corrected chi connectivity index (χ4v) is 3.25. The van der Waals surface area contributed by atoms with Crippen LogP contribution in [0.3, 0.4) is 0 Å². The van der Waals surface area contributed by atoms with E-state index in [9.17, 15) is 4.79 Å². The zero-order valence-electron chi connectivity index (χ0n) is 16.6. The average molecular weight is 386 g/mol. The van der Waals surface area contributed by atoms with Crippen molar-refractivity contribution in [1.82, 2.24) is 25.1 Å². The van der Waals surface area contributed by atoms with Gasteiger partial charge in [-0.2, -0.15) is 5.10 Å². The summed E-state index contributed by atoms with van der Waals surface area (Å²) in [5.74, 6) is 0.236. The minimum absolute atomic E-state index is 0.297. The van der Waals surface area contributed by atoms with Gasteiger partial charge in [-0.25, -0.2) is 4.98 Å². The van der Waals surface area contributed by atoms with E-state index in [0.717, 1.165) is 39.7 Å². The van der Waals surface area contributed by atoms with E-state index in [1.807, 2.05) is 63.7 Å². The number of rotatable bonds is 5. The molecule has 4 rings (SSSR count). The molecule has 0 spiro atoms. The number of amides is 1. The molecule has 0 fully saturated rings. The van der Waals surface area contributed by atoms with E-state index in [2.05, 4.69) is 36.4 Å². The lowest BCUT2D eigenvalue weighted by Crippen LogP contribution is -2.14. The van der Waals surface area contributed by atoms with E-state index in [0.29, 0.717) is 11.5 Å². The highest BCUT2D eigenvalue weighted by Gasteiger charge is 2.16. The lowest BCUT2D eigenvalue weighted by Gasteiger charge is -2.10. The van der Waals surface area contributed by atoms with Crippen molar-refractivity contribution in [3.63, 3.8) is 0 Å². The van der Waals surface area contributed by atoms with Crippen LogP contribution in [0.25, 0.3) is 22.0 Å². The first kappa shape index (κ1) is 18.8. The van der Waals surface area contributed by atoms with Gasteiger partial charge in [0.05, 0.1) is 5.52 Å². The van der Waals surface area contributed by atoms with Gasteiger partial charge in [-0.1, -0.05) is 12.1 Å². The fourth-order valence-electron chi connectivity index (χ4n) is 3.25. The molecule has 29 heavy (non-hydrogen) atoms. The third-order valence-corrected chi connectivity index (χ3v) is 4.65. The molecule has 0 aliphatic carbocycles. The lowest BCUT2D eigenvalue weighted by molar-refractivity contribution is 0.102.